The number of amides is 2. The molecule has 1 aromatic carbocycles. The van der Waals surface area contributed by atoms with E-state index in [9.17, 15) is 32.7 Å². The van der Waals surface area contributed by atoms with Crippen molar-refractivity contribution in [3.63, 3.8) is 0 Å². The second kappa shape index (κ2) is 8.01. The summed E-state index contributed by atoms with van der Waals surface area (Å²) in [6.07, 6.45) is -4.37. The molecule has 2 aromatic rings. The average molecular weight is 414 g/mol. The van der Waals surface area contributed by atoms with Gasteiger partial charge in [-0.3, -0.25) is 9.59 Å². The molecule has 2 rings (SSSR count). The average Bonchev–Trinajstić information content (AvgIpc) is 2.91. The van der Waals surface area contributed by atoms with Gasteiger partial charge < -0.3 is 16.2 Å². The number of anilines is 1. The fraction of sp³-hybridized carbons (Fsp3) is 0.278. The fourth-order valence-corrected chi connectivity index (χ4v) is 3.85. The first-order chi connectivity index (χ1) is 13.0. The molecule has 0 spiro atoms. The number of benzene rings is 1. The molecule has 0 radical (unpaired) electrons. The number of aromatic carboxylic acids is 1. The summed E-state index contributed by atoms with van der Waals surface area (Å²) in [4.78, 5) is 35.6. The number of alkyl halides is 3. The van der Waals surface area contributed by atoms with Crippen molar-refractivity contribution in [3.8, 4) is 0 Å². The van der Waals surface area contributed by atoms with Gasteiger partial charge in [0.25, 0.3) is 5.91 Å². The summed E-state index contributed by atoms with van der Waals surface area (Å²) in [7, 11) is 0. The van der Waals surface area contributed by atoms with E-state index in [0.717, 1.165) is 12.1 Å². The maximum atomic E-state index is 12.9. The number of halogens is 3. The highest BCUT2D eigenvalue weighted by Crippen LogP contribution is 2.35. The molecule has 0 bridgehead atoms. The first-order valence-electron chi connectivity index (χ1n) is 8.11. The van der Waals surface area contributed by atoms with Gasteiger partial charge in [-0.1, -0.05) is 25.1 Å². The second-order valence-electron chi connectivity index (χ2n) is 6.00. The molecule has 4 N–H and O–H groups in total. The van der Waals surface area contributed by atoms with Crippen molar-refractivity contribution in [1.82, 2.24) is 0 Å². The van der Waals surface area contributed by atoms with Crippen molar-refractivity contribution in [2.75, 3.05) is 5.32 Å². The lowest BCUT2D eigenvalue weighted by Crippen LogP contribution is -2.21. The third-order valence-electron chi connectivity index (χ3n) is 4.16. The van der Waals surface area contributed by atoms with Crippen molar-refractivity contribution in [3.05, 3.63) is 51.4 Å². The van der Waals surface area contributed by atoms with E-state index in [2.05, 4.69) is 5.32 Å². The van der Waals surface area contributed by atoms with Crippen LogP contribution in [-0.4, -0.2) is 22.9 Å². The zero-order valence-electron chi connectivity index (χ0n) is 14.9. The minimum absolute atomic E-state index is 0.0141. The number of carbonyl (C=O) groups excluding carboxylic acids is 2. The summed E-state index contributed by atoms with van der Waals surface area (Å²) in [5, 5.41) is 11.7. The number of thiophene rings is 1. The van der Waals surface area contributed by atoms with Crippen LogP contribution in [0.25, 0.3) is 0 Å². The largest absolute Gasteiger partial charge is 0.478 e. The molecule has 2 amide bonds. The number of hydrogen-bond donors (Lipinski definition) is 3. The summed E-state index contributed by atoms with van der Waals surface area (Å²) in [5.41, 5.74) is 4.33. The van der Waals surface area contributed by atoms with Crippen molar-refractivity contribution >= 4 is 34.1 Å². The molecule has 150 valence electrons. The Hall–Kier alpha value is -2.88. The third-order valence-corrected chi connectivity index (χ3v) is 5.38. The van der Waals surface area contributed by atoms with Crippen molar-refractivity contribution in [2.24, 2.45) is 5.73 Å². The Morgan fingerprint density at radius 2 is 1.93 bits per heavy atom. The highest BCUT2D eigenvalue weighted by Gasteiger charge is 2.32. The minimum Gasteiger partial charge on any atom is -0.478 e. The maximum absolute atomic E-state index is 12.9. The predicted molar refractivity (Wildman–Crippen MR) is 97.6 cm³/mol. The molecule has 1 atom stereocenters. The number of nitrogens with two attached hydrogens (primary N) is 1. The van der Waals surface area contributed by atoms with E-state index >= 15 is 0 Å². The number of carbonyl (C=O) groups is 3. The Morgan fingerprint density at radius 3 is 2.43 bits per heavy atom. The molecule has 0 saturated carbocycles. The molecular formula is C18H17F3N2O4S. The highest BCUT2D eigenvalue weighted by molar-refractivity contribution is 7.18. The number of hydrogen-bond acceptors (Lipinski definition) is 4. The van der Waals surface area contributed by atoms with Crippen LogP contribution < -0.4 is 11.1 Å². The van der Waals surface area contributed by atoms with Gasteiger partial charge >= 0.3 is 12.1 Å². The molecule has 1 heterocycles. The molecule has 6 nitrogen and oxygen atoms in total. The first-order valence-corrected chi connectivity index (χ1v) is 8.93. The van der Waals surface area contributed by atoms with Crippen LogP contribution in [-0.2, 0) is 11.0 Å². The smallest absolute Gasteiger partial charge is 0.416 e. The molecule has 1 aromatic heterocycles. The van der Waals surface area contributed by atoms with E-state index in [-0.39, 0.29) is 33.0 Å². The van der Waals surface area contributed by atoms with E-state index < -0.39 is 35.4 Å². The monoisotopic (exact) mass is 414 g/mol. The highest BCUT2D eigenvalue weighted by atomic mass is 32.1. The molecule has 0 fully saturated rings. The van der Waals surface area contributed by atoms with Crippen LogP contribution in [0.15, 0.2) is 24.3 Å². The molecule has 0 aliphatic rings. The normalized spacial score (nSPS) is 12.5. The Labute approximate surface area is 162 Å². The van der Waals surface area contributed by atoms with Crippen molar-refractivity contribution in [1.29, 1.82) is 0 Å². The van der Waals surface area contributed by atoms with E-state index in [0.29, 0.717) is 11.3 Å². The van der Waals surface area contributed by atoms with E-state index in [1.807, 2.05) is 0 Å². The minimum atomic E-state index is -4.55. The van der Waals surface area contributed by atoms with Gasteiger partial charge in [0.2, 0.25) is 5.91 Å². The molecule has 0 aliphatic carbocycles. The van der Waals surface area contributed by atoms with Gasteiger partial charge in [0.15, 0.2) is 0 Å². The number of carboxylic acid groups (broad SMARTS) is 1. The maximum Gasteiger partial charge on any atom is 0.416 e. The van der Waals surface area contributed by atoms with E-state index in [1.54, 1.807) is 6.92 Å². The summed E-state index contributed by atoms with van der Waals surface area (Å²) in [6, 6.07) is 4.39. The van der Waals surface area contributed by atoms with Crippen LogP contribution >= 0.6 is 11.3 Å². The first kappa shape index (κ1) is 21.4. The predicted octanol–water partition coefficient (Wildman–Crippen LogP) is 4.00. The number of nitrogens with one attached hydrogen (secondary N) is 1. The Balaban J connectivity index is 2.40. The van der Waals surface area contributed by atoms with E-state index in [1.165, 1.54) is 19.1 Å². The number of carboxylic acids is 1. The van der Waals surface area contributed by atoms with Gasteiger partial charge in [0.05, 0.1) is 21.9 Å². The summed E-state index contributed by atoms with van der Waals surface area (Å²) in [5.74, 6) is -3.82. The quantitative estimate of drug-likeness (QED) is 0.664. The molecular weight excluding hydrogens is 397 g/mol. The number of rotatable bonds is 6. The van der Waals surface area contributed by atoms with Crippen LogP contribution in [0.3, 0.4) is 0 Å². The number of primary amides is 1. The van der Waals surface area contributed by atoms with Crippen LogP contribution in [0.4, 0.5) is 18.2 Å². The third kappa shape index (κ3) is 4.33. The molecule has 10 heteroatoms. The molecule has 1 unspecified atom stereocenters. The zero-order chi connectivity index (χ0) is 21.2. The van der Waals surface area contributed by atoms with Crippen LogP contribution in [0, 0.1) is 6.92 Å². The molecule has 28 heavy (non-hydrogen) atoms. The zero-order valence-corrected chi connectivity index (χ0v) is 15.7. The van der Waals surface area contributed by atoms with Gasteiger partial charge in [0.1, 0.15) is 5.00 Å². The summed E-state index contributed by atoms with van der Waals surface area (Å²) >= 11 is 0.714. The SMILES string of the molecule is CCC(C(=O)Nc1sc(C(N)=O)c(C)c1C(=O)O)c1cccc(C(F)(F)F)c1. The van der Waals surface area contributed by atoms with E-state index in [4.69, 9.17) is 5.73 Å². The molecule has 0 saturated heterocycles. The van der Waals surface area contributed by atoms with Crippen LogP contribution in [0.2, 0.25) is 0 Å². The van der Waals surface area contributed by atoms with Crippen molar-refractivity contribution < 1.29 is 32.7 Å². The van der Waals surface area contributed by atoms with Gasteiger partial charge in [-0.2, -0.15) is 13.2 Å². The standard InChI is InChI=1S/C18H17F3N2O4S/c1-3-11(9-5-4-6-10(7-9)18(19,20)21)15(25)23-16-12(17(26)27)8(2)13(28-16)14(22)24/h4-7,11H,3H2,1-2H3,(H2,22,24)(H,23,25)(H,26,27). The topological polar surface area (TPSA) is 109 Å². The summed E-state index contributed by atoms with van der Waals surface area (Å²) < 4.78 is 38.8. The van der Waals surface area contributed by atoms with Gasteiger partial charge in [-0.05, 0) is 30.5 Å². The van der Waals surface area contributed by atoms with Crippen LogP contribution in [0.1, 0.15) is 56.0 Å². The Kier molecular flexibility index (Phi) is 6.13. The Morgan fingerprint density at radius 1 is 1.29 bits per heavy atom. The lowest BCUT2D eigenvalue weighted by atomic mass is 9.94. The fourth-order valence-electron chi connectivity index (χ4n) is 2.80. The van der Waals surface area contributed by atoms with Gasteiger partial charge in [-0.25, -0.2) is 4.79 Å². The molecule has 0 aliphatic heterocycles. The van der Waals surface area contributed by atoms with Gasteiger partial charge in [0, 0.05) is 0 Å². The lowest BCUT2D eigenvalue weighted by Gasteiger charge is -2.17. The van der Waals surface area contributed by atoms with Crippen molar-refractivity contribution in [2.45, 2.75) is 32.4 Å². The van der Waals surface area contributed by atoms with Crippen LogP contribution in [0.5, 0.6) is 0 Å². The Bertz CT molecular complexity index is 937. The summed E-state index contributed by atoms with van der Waals surface area (Å²) in [6.45, 7) is 3.01. The second-order valence-corrected chi connectivity index (χ2v) is 7.02. The lowest BCUT2D eigenvalue weighted by molar-refractivity contribution is -0.137. The van der Waals surface area contributed by atoms with Gasteiger partial charge in [-0.15, -0.1) is 11.3 Å².